The van der Waals surface area contributed by atoms with Crippen molar-refractivity contribution in [3.63, 3.8) is 0 Å². The van der Waals surface area contributed by atoms with Gasteiger partial charge in [0.15, 0.2) is 10.7 Å². The highest BCUT2D eigenvalue weighted by atomic mass is 32.2. The van der Waals surface area contributed by atoms with Crippen LogP contribution in [0.25, 0.3) is 0 Å². The number of hydrogen-bond acceptors (Lipinski definition) is 6. The Bertz CT molecular complexity index is 597. The summed E-state index contributed by atoms with van der Waals surface area (Å²) in [5, 5.41) is 0.653. The van der Waals surface area contributed by atoms with Crippen LogP contribution in [-0.2, 0) is 10.0 Å². The molecule has 0 saturated heterocycles. The third kappa shape index (κ3) is 3.17. The largest absolute Gasteiger partial charge is 0.382 e. The molecule has 2 unspecified atom stereocenters. The normalized spacial score (nSPS) is 23.5. The molecule has 1 aromatic heterocycles. The Morgan fingerprint density at radius 1 is 1.29 bits per heavy atom. The van der Waals surface area contributed by atoms with Crippen LogP contribution in [-0.4, -0.2) is 44.3 Å². The summed E-state index contributed by atoms with van der Waals surface area (Å²) in [6.45, 7) is 2.25. The van der Waals surface area contributed by atoms with Crippen LogP contribution in [0.2, 0.25) is 0 Å². The fraction of sp³-hybridized carbons (Fsp3) is 0.769. The summed E-state index contributed by atoms with van der Waals surface area (Å²) in [7, 11) is 1.40. The number of hydrogen-bond donors (Lipinski definition) is 1. The topological polar surface area (TPSA) is 79.5 Å². The smallest absolute Gasteiger partial charge is 0.249 e. The molecule has 120 valence electrons. The van der Waals surface area contributed by atoms with Gasteiger partial charge in [-0.2, -0.15) is 4.37 Å². The number of anilines is 2. The van der Waals surface area contributed by atoms with E-state index in [1.54, 1.807) is 0 Å². The molecule has 1 fully saturated rings. The van der Waals surface area contributed by atoms with Gasteiger partial charge in [-0.05, 0) is 30.3 Å². The molecule has 6 nitrogen and oxygen atoms in total. The molecule has 2 rings (SSSR count). The van der Waals surface area contributed by atoms with Gasteiger partial charge >= 0.3 is 0 Å². The van der Waals surface area contributed by atoms with E-state index in [0.717, 1.165) is 12.8 Å². The minimum Gasteiger partial charge on any atom is -0.382 e. The summed E-state index contributed by atoms with van der Waals surface area (Å²) in [6, 6.07) is 0.352. The monoisotopic (exact) mass is 332 g/mol. The van der Waals surface area contributed by atoms with E-state index in [0.29, 0.717) is 17.0 Å². The summed E-state index contributed by atoms with van der Waals surface area (Å²) in [5.41, 5.74) is 5.83. The first-order valence-corrected chi connectivity index (χ1v) is 9.37. The van der Waals surface area contributed by atoms with E-state index in [9.17, 15) is 8.42 Å². The average molecular weight is 332 g/mol. The van der Waals surface area contributed by atoms with Gasteiger partial charge in [0.25, 0.3) is 0 Å². The van der Waals surface area contributed by atoms with Gasteiger partial charge in [-0.3, -0.25) is 0 Å². The predicted octanol–water partition coefficient (Wildman–Crippen LogP) is 1.99. The third-order valence-corrected chi connectivity index (χ3v) is 7.13. The highest BCUT2D eigenvalue weighted by molar-refractivity contribution is 7.89. The molecule has 1 aliphatic rings. The molecule has 8 heteroatoms. The van der Waals surface area contributed by atoms with E-state index in [4.69, 9.17) is 5.73 Å². The van der Waals surface area contributed by atoms with Gasteiger partial charge in [0.2, 0.25) is 10.0 Å². The standard InChI is InChI=1S/C13H24N4O2S2/c1-9-6-5-7-10(8-9)17(4)13-11(12(14)15-20-13)21(18,19)16(2)3/h9-10H,5-8H2,1-4H3,(H2,14,15). The van der Waals surface area contributed by atoms with Crippen molar-refractivity contribution in [2.24, 2.45) is 5.92 Å². The molecule has 0 spiro atoms. The van der Waals surface area contributed by atoms with Gasteiger partial charge in [-0.25, -0.2) is 12.7 Å². The third-order valence-electron chi connectivity index (χ3n) is 4.17. The first-order chi connectivity index (χ1) is 9.75. The van der Waals surface area contributed by atoms with Crippen molar-refractivity contribution >= 4 is 32.4 Å². The molecule has 2 N–H and O–H groups in total. The molecule has 0 aliphatic heterocycles. The second-order valence-corrected chi connectivity index (χ2v) is 8.87. The molecule has 21 heavy (non-hydrogen) atoms. The molecule has 2 atom stereocenters. The number of nitrogens with zero attached hydrogens (tertiary/aromatic N) is 3. The molecule has 0 radical (unpaired) electrons. The first kappa shape index (κ1) is 16.5. The van der Waals surface area contributed by atoms with E-state index >= 15 is 0 Å². The number of sulfonamides is 1. The van der Waals surface area contributed by atoms with Gasteiger partial charge in [-0.1, -0.05) is 19.8 Å². The van der Waals surface area contributed by atoms with E-state index in [1.165, 1.54) is 42.8 Å². The second kappa shape index (κ2) is 6.10. The summed E-state index contributed by atoms with van der Waals surface area (Å²) in [6.07, 6.45) is 4.59. The fourth-order valence-electron chi connectivity index (χ4n) is 2.85. The second-order valence-electron chi connectivity index (χ2n) is 6.03. The molecular formula is C13H24N4O2S2. The van der Waals surface area contributed by atoms with E-state index in [1.807, 2.05) is 7.05 Å². The van der Waals surface area contributed by atoms with Gasteiger partial charge in [0.1, 0.15) is 5.00 Å². The minimum absolute atomic E-state index is 0.0967. The summed E-state index contributed by atoms with van der Waals surface area (Å²) in [5.74, 6) is 0.768. The molecule has 1 heterocycles. The predicted molar refractivity (Wildman–Crippen MR) is 87.2 cm³/mol. The van der Waals surface area contributed by atoms with Crippen molar-refractivity contribution in [3.8, 4) is 0 Å². The molecule has 1 aliphatic carbocycles. The molecule has 0 aromatic carbocycles. The highest BCUT2D eigenvalue weighted by Crippen LogP contribution is 2.39. The quantitative estimate of drug-likeness (QED) is 0.912. The zero-order valence-electron chi connectivity index (χ0n) is 13.0. The SMILES string of the molecule is CC1CCCC(N(C)c2snc(N)c2S(=O)(=O)N(C)C)C1. The Kier molecular flexibility index (Phi) is 4.79. The Morgan fingerprint density at radius 2 is 1.95 bits per heavy atom. The van der Waals surface area contributed by atoms with Crippen LogP contribution in [0.15, 0.2) is 4.90 Å². The Morgan fingerprint density at radius 3 is 2.52 bits per heavy atom. The van der Waals surface area contributed by atoms with E-state index in [-0.39, 0.29) is 10.7 Å². The summed E-state index contributed by atoms with van der Waals surface area (Å²) in [4.78, 5) is 2.21. The lowest BCUT2D eigenvalue weighted by molar-refractivity contribution is 0.336. The first-order valence-electron chi connectivity index (χ1n) is 7.15. The van der Waals surface area contributed by atoms with Gasteiger partial charge in [0.05, 0.1) is 0 Å². The maximum Gasteiger partial charge on any atom is 0.249 e. The highest BCUT2D eigenvalue weighted by Gasteiger charge is 2.32. The van der Waals surface area contributed by atoms with Crippen molar-refractivity contribution in [2.75, 3.05) is 31.8 Å². The zero-order valence-corrected chi connectivity index (χ0v) is 14.7. The van der Waals surface area contributed by atoms with Crippen LogP contribution in [0.4, 0.5) is 10.8 Å². The van der Waals surface area contributed by atoms with Gasteiger partial charge in [0, 0.05) is 27.2 Å². The van der Waals surface area contributed by atoms with Crippen LogP contribution in [0.5, 0.6) is 0 Å². The van der Waals surface area contributed by atoms with Crippen LogP contribution in [0.3, 0.4) is 0 Å². The maximum absolute atomic E-state index is 12.5. The molecule has 1 saturated carbocycles. The number of aromatic nitrogens is 1. The number of nitrogen functional groups attached to an aromatic ring is 1. The summed E-state index contributed by atoms with van der Waals surface area (Å²) < 4.78 is 30.2. The van der Waals surface area contributed by atoms with Gasteiger partial charge < -0.3 is 10.6 Å². The lowest BCUT2D eigenvalue weighted by atomic mass is 9.86. The molecular weight excluding hydrogens is 308 g/mol. The number of nitrogens with two attached hydrogens (primary N) is 1. The van der Waals surface area contributed by atoms with Crippen molar-refractivity contribution in [2.45, 2.75) is 43.5 Å². The lowest BCUT2D eigenvalue weighted by Gasteiger charge is -2.35. The van der Waals surface area contributed by atoms with Crippen LogP contribution < -0.4 is 10.6 Å². The van der Waals surface area contributed by atoms with Crippen LogP contribution in [0.1, 0.15) is 32.6 Å². The van der Waals surface area contributed by atoms with Crippen molar-refractivity contribution in [3.05, 3.63) is 0 Å². The maximum atomic E-state index is 12.5. The molecule has 1 aromatic rings. The lowest BCUT2D eigenvalue weighted by Crippen LogP contribution is -2.36. The Hall–Kier alpha value is -0.860. The molecule has 0 amide bonds. The van der Waals surface area contributed by atoms with Crippen molar-refractivity contribution in [1.82, 2.24) is 8.68 Å². The fourth-order valence-corrected chi connectivity index (χ4v) is 5.12. The minimum atomic E-state index is -3.58. The molecule has 0 bridgehead atoms. The van der Waals surface area contributed by atoms with Crippen LogP contribution in [0, 0.1) is 5.92 Å². The van der Waals surface area contributed by atoms with E-state index < -0.39 is 10.0 Å². The van der Waals surface area contributed by atoms with E-state index in [2.05, 4.69) is 16.2 Å². The zero-order chi connectivity index (χ0) is 15.8. The van der Waals surface area contributed by atoms with Gasteiger partial charge in [-0.15, -0.1) is 0 Å². The summed E-state index contributed by atoms with van der Waals surface area (Å²) >= 11 is 1.17. The Labute approximate surface area is 131 Å². The van der Waals surface area contributed by atoms with Crippen molar-refractivity contribution in [1.29, 1.82) is 0 Å². The average Bonchev–Trinajstić information content (AvgIpc) is 2.80. The number of rotatable bonds is 4. The van der Waals surface area contributed by atoms with Crippen molar-refractivity contribution < 1.29 is 8.42 Å². The van der Waals surface area contributed by atoms with Crippen LogP contribution >= 0.6 is 11.5 Å². The Balaban J connectivity index is 2.37.